The van der Waals surface area contributed by atoms with E-state index in [1.165, 1.54) is 0 Å². The number of benzene rings is 1. The van der Waals surface area contributed by atoms with Crippen LogP contribution in [0.15, 0.2) is 46.3 Å². The number of likely N-dealkylation sites (tertiary alicyclic amines) is 1. The summed E-state index contributed by atoms with van der Waals surface area (Å²) in [4.78, 5) is 20.2. The Balaban J connectivity index is 1.55. The van der Waals surface area contributed by atoms with Gasteiger partial charge in [0.1, 0.15) is 6.04 Å². The molecule has 128 valence electrons. The summed E-state index contributed by atoms with van der Waals surface area (Å²) in [6.07, 6.45) is 2.27. The third-order valence-corrected chi connectivity index (χ3v) is 5.47. The van der Waals surface area contributed by atoms with Crippen LogP contribution in [0.4, 0.5) is 0 Å². The average molecular weight is 353 g/mol. The molecule has 3 heterocycles. The summed E-state index contributed by atoms with van der Waals surface area (Å²) in [7, 11) is 0. The van der Waals surface area contributed by atoms with Crippen molar-refractivity contribution in [3.63, 3.8) is 0 Å². The molecular formula is C19H19N3O2S. The van der Waals surface area contributed by atoms with Gasteiger partial charge in [0.15, 0.2) is 0 Å². The van der Waals surface area contributed by atoms with Gasteiger partial charge in [0.2, 0.25) is 17.6 Å². The van der Waals surface area contributed by atoms with E-state index in [9.17, 15) is 4.79 Å². The smallest absolute Gasteiger partial charge is 0.249 e. The number of rotatable bonds is 4. The lowest BCUT2D eigenvalue weighted by molar-refractivity contribution is -0.131. The zero-order valence-electron chi connectivity index (χ0n) is 14.0. The van der Waals surface area contributed by atoms with Gasteiger partial charge in [0.05, 0.1) is 6.42 Å². The minimum absolute atomic E-state index is 0.113. The second-order valence-electron chi connectivity index (χ2n) is 6.27. The van der Waals surface area contributed by atoms with Crippen LogP contribution in [-0.4, -0.2) is 27.5 Å². The predicted octanol–water partition coefficient (Wildman–Crippen LogP) is 4.01. The average Bonchev–Trinajstić information content (AvgIpc) is 3.36. The molecule has 1 saturated heterocycles. The maximum atomic E-state index is 12.7. The summed E-state index contributed by atoms with van der Waals surface area (Å²) in [5.41, 5.74) is 2.07. The van der Waals surface area contributed by atoms with Crippen LogP contribution >= 0.6 is 11.3 Å². The number of carbonyl (C=O) groups excluding carboxylic acids is 1. The van der Waals surface area contributed by atoms with Crippen molar-refractivity contribution in [3.05, 3.63) is 58.1 Å². The summed E-state index contributed by atoms with van der Waals surface area (Å²) < 4.78 is 5.52. The van der Waals surface area contributed by atoms with Crippen molar-refractivity contribution in [2.24, 2.45) is 0 Å². The summed E-state index contributed by atoms with van der Waals surface area (Å²) in [6, 6.07) is 11.8. The Morgan fingerprint density at radius 1 is 1.32 bits per heavy atom. The van der Waals surface area contributed by atoms with Gasteiger partial charge in [-0.15, -0.1) is 11.3 Å². The third-order valence-electron chi connectivity index (χ3n) is 4.59. The first kappa shape index (κ1) is 16.0. The van der Waals surface area contributed by atoms with Gasteiger partial charge in [-0.2, -0.15) is 4.98 Å². The quantitative estimate of drug-likeness (QED) is 0.711. The molecule has 25 heavy (non-hydrogen) atoms. The van der Waals surface area contributed by atoms with E-state index in [1.807, 2.05) is 53.6 Å². The molecule has 3 aromatic rings. The highest BCUT2D eigenvalue weighted by Crippen LogP contribution is 2.33. The molecule has 6 heteroatoms. The Morgan fingerprint density at radius 3 is 3.00 bits per heavy atom. The van der Waals surface area contributed by atoms with Crippen molar-refractivity contribution in [3.8, 4) is 11.4 Å². The second kappa shape index (κ2) is 6.80. The van der Waals surface area contributed by atoms with Crippen molar-refractivity contribution in [2.75, 3.05) is 6.54 Å². The number of aromatic nitrogens is 2. The van der Waals surface area contributed by atoms with E-state index in [0.29, 0.717) is 18.1 Å². The number of nitrogens with zero attached hydrogens (tertiary/aromatic N) is 3. The Morgan fingerprint density at radius 2 is 2.20 bits per heavy atom. The minimum atomic E-state index is -0.113. The highest BCUT2D eigenvalue weighted by Gasteiger charge is 2.34. The molecule has 0 spiro atoms. The van der Waals surface area contributed by atoms with E-state index < -0.39 is 0 Å². The molecule has 1 aliphatic rings. The van der Waals surface area contributed by atoms with E-state index in [2.05, 4.69) is 10.1 Å². The van der Waals surface area contributed by atoms with Crippen molar-refractivity contribution in [1.29, 1.82) is 0 Å². The number of carbonyl (C=O) groups is 1. The van der Waals surface area contributed by atoms with Crippen molar-refractivity contribution < 1.29 is 9.32 Å². The van der Waals surface area contributed by atoms with Crippen LogP contribution in [0.1, 0.15) is 35.2 Å². The summed E-state index contributed by atoms with van der Waals surface area (Å²) in [6.45, 7) is 2.77. The van der Waals surface area contributed by atoms with Crippen LogP contribution < -0.4 is 0 Å². The van der Waals surface area contributed by atoms with Gasteiger partial charge in [-0.05, 0) is 36.8 Å². The predicted molar refractivity (Wildman–Crippen MR) is 96.2 cm³/mol. The van der Waals surface area contributed by atoms with Gasteiger partial charge >= 0.3 is 0 Å². The van der Waals surface area contributed by atoms with Crippen LogP contribution in [0.3, 0.4) is 0 Å². The van der Waals surface area contributed by atoms with Gasteiger partial charge < -0.3 is 9.42 Å². The second-order valence-corrected chi connectivity index (χ2v) is 7.30. The van der Waals surface area contributed by atoms with Gasteiger partial charge in [-0.1, -0.05) is 35.5 Å². The van der Waals surface area contributed by atoms with Gasteiger partial charge in [-0.25, -0.2) is 0 Å². The van der Waals surface area contributed by atoms with Crippen LogP contribution in [0.2, 0.25) is 0 Å². The molecule has 1 aliphatic heterocycles. The van der Waals surface area contributed by atoms with Crippen LogP contribution in [0.5, 0.6) is 0 Å². The van der Waals surface area contributed by atoms with E-state index in [-0.39, 0.29) is 11.9 Å². The molecule has 0 N–H and O–H groups in total. The van der Waals surface area contributed by atoms with Crippen molar-refractivity contribution >= 4 is 17.2 Å². The molecule has 1 fully saturated rings. The molecule has 4 rings (SSSR count). The standard InChI is InChI=1S/C19H19N3O2S/c1-13-6-2-3-8-15(13)18-20-19(24-21-18)16-9-4-10-22(16)17(23)12-14-7-5-11-25-14/h2-3,5-8,11,16H,4,9-10,12H2,1H3. The molecule has 1 aromatic carbocycles. The fraction of sp³-hybridized carbons (Fsp3) is 0.316. The molecule has 2 aromatic heterocycles. The van der Waals surface area contributed by atoms with Gasteiger partial charge in [-0.3, -0.25) is 4.79 Å². The third kappa shape index (κ3) is 3.22. The van der Waals surface area contributed by atoms with Crippen molar-refractivity contribution in [2.45, 2.75) is 32.2 Å². The molecule has 0 radical (unpaired) electrons. The molecule has 1 atom stereocenters. The summed E-state index contributed by atoms with van der Waals surface area (Å²) in [5, 5.41) is 6.14. The first-order valence-corrected chi connectivity index (χ1v) is 9.32. The first-order chi connectivity index (χ1) is 12.2. The fourth-order valence-corrected chi connectivity index (χ4v) is 3.99. The largest absolute Gasteiger partial charge is 0.337 e. The molecule has 0 aliphatic carbocycles. The maximum Gasteiger partial charge on any atom is 0.249 e. The SMILES string of the molecule is Cc1ccccc1-c1noc(C2CCCN2C(=O)Cc2cccs2)n1. The van der Waals surface area contributed by atoms with E-state index in [0.717, 1.165) is 35.4 Å². The van der Waals surface area contributed by atoms with E-state index in [4.69, 9.17) is 4.52 Å². The Kier molecular flexibility index (Phi) is 4.36. The lowest BCUT2D eigenvalue weighted by atomic mass is 10.1. The van der Waals surface area contributed by atoms with Crippen LogP contribution in [0, 0.1) is 6.92 Å². The van der Waals surface area contributed by atoms with Gasteiger partial charge in [0, 0.05) is 17.0 Å². The first-order valence-electron chi connectivity index (χ1n) is 8.44. The number of amides is 1. The number of aryl methyl sites for hydroxylation is 1. The fourth-order valence-electron chi connectivity index (χ4n) is 3.29. The highest BCUT2D eigenvalue weighted by molar-refractivity contribution is 7.10. The van der Waals surface area contributed by atoms with Crippen LogP contribution in [0.25, 0.3) is 11.4 Å². The number of thiophene rings is 1. The Bertz CT molecular complexity index is 872. The lowest BCUT2D eigenvalue weighted by Gasteiger charge is -2.21. The number of hydrogen-bond donors (Lipinski definition) is 0. The summed E-state index contributed by atoms with van der Waals surface area (Å²) >= 11 is 1.61. The maximum absolute atomic E-state index is 12.7. The normalized spacial score (nSPS) is 17.2. The summed E-state index contributed by atoms with van der Waals surface area (Å²) in [5.74, 6) is 1.25. The molecule has 1 unspecified atom stereocenters. The Labute approximate surface area is 150 Å². The molecule has 5 nitrogen and oxygen atoms in total. The zero-order chi connectivity index (χ0) is 17.2. The molecule has 0 bridgehead atoms. The minimum Gasteiger partial charge on any atom is -0.337 e. The van der Waals surface area contributed by atoms with E-state index in [1.54, 1.807) is 11.3 Å². The monoisotopic (exact) mass is 353 g/mol. The number of hydrogen-bond acceptors (Lipinski definition) is 5. The molecular weight excluding hydrogens is 334 g/mol. The van der Waals surface area contributed by atoms with Crippen molar-refractivity contribution in [1.82, 2.24) is 15.0 Å². The molecule has 1 amide bonds. The van der Waals surface area contributed by atoms with E-state index >= 15 is 0 Å². The topological polar surface area (TPSA) is 59.2 Å². The highest BCUT2D eigenvalue weighted by atomic mass is 32.1. The van der Waals surface area contributed by atoms with Crippen LogP contribution in [-0.2, 0) is 11.2 Å². The van der Waals surface area contributed by atoms with Gasteiger partial charge in [0.25, 0.3) is 0 Å². The lowest BCUT2D eigenvalue weighted by Crippen LogP contribution is -2.31. The Hall–Kier alpha value is -2.47. The molecule has 0 saturated carbocycles. The zero-order valence-corrected chi connectivity index (χ0v) is 14.8.